The minimum atomic E-state index is 0.759. The molecule has 0 aromatic carbocycles. The molecule has 1 aliphatic carbocycles. The summed E-state index contributed by atoms with van der Waals surface area (Å²) in [5.74, 6) is 3.30. The lowest BCUT2D eigenvalue weighted by molar-refractivity contribution is 0.1000. The average molecular weight is 227 g/mol. The van der Waals surface area contributed by atoms with E-state index in [4.69, 9.17) is 10.5 Å². The molecular weight excluding hydrogens is 198 g/mol. The average Bonchev–Trinajstić information content (AvgIpc) is 2.35. The Balaban J connectivity index is 2.49. The van der Waals surface area contributed by atoms with Crippen molar-refractivity contribution in [2.75, 3.05) is 20.3 Å². The fourth-order valence-corrected chi connectivity index (χ4v) is 3.24. The molecule has 2 N–H and O–H groups in total. The number of methoxy groups -OCH3 is 1. The van der Waals surface area contributed by atoms with Crippen LogP contribution in [0.2, 0.25) is 0 Å². The van der Waals surface area contributed by atoms with E-state index in [0.717, 1.165) is 36.8 Å². The van der Waals surface area contributed by atoms with Gasteiger partial charge >= 0.3 is 0 Å². The smallest absolute Gasteiger partial charge is 0.0464 e. The highest BCUT2D eigenvalue weighted by Gasteiger charge is 2.32. The van der Waals surface area contributed by atoms with E-state index in [1.807, 2.05) is 0 Å². The quantitative estimate of drug-likeness (QED) is 0.757. The SMILES string of the molecule is CCC1CCC(CN)C(C(C)CCOC)C1. The topological polar surface area (TPSA) is 35.2 Å². The first kappa shape index (κ1) is 14.0. The van der Waals surface area contributed by atoms with E-state index < -0.39 is 0 Å². The summed E-state index contributed by atoms with van der Waals surface area (Å²) in [6, 6.07) is 0. The highest BCUT2D eigenvalue weighted by molar-refractivity contribution is 4.83. The Bertz CT molecular complexity index is 184. The standard InChI is InChI=1S/C14H29NO/c1-4-12-5-6-13(10-15)14(9-12)11(2)7-8-16-3/h11-14H,4-10,15H2,1-3H3. The summed E-state index contributed by atoms with van der Waals surface area (Å²) in [6.07, 6.45) is 6.66. The predicted octanol–water partition coefficient (Wildman–Crippen LogP) is 3.06. The number of hydrogen-bond donors (Lipinski definition) is 1. The first-order valence-electron chi connectivity index (χ1n) is 6.91. The summed E-state index contributed by atoms with van der Waals surface area (Å²) in [5.41, 5.74) is 5.92. The van der Waals surface area contributed by atoms with E-state index in [2.05, 4.69) is 13.8 Å². The van der Waals surface area contributed by atoms with Crippen LogP contribution in [0.15, 0.2) is 0 Å². The van der Waals surface area contributed by atoms with Gasteiger partial charge in [-0.25, -0.2) is 0 Å². The monoisotopic (exact) mass is 227 g/mol. The van der Waals surface area contributed by atoms with Crippen LogP contribution < -0.4 is 5.73 Å². The molecule has 1 saturated carbocycles. The first-order valence-corrected chi connectivity index (χ1v) is 6.91. The molecule has 0 saturated heterocycles. The predicted molar refractivity (Wildman–Crippen MR) is 69.3 cm³/mol. The molecule has 2 heteroatoms. The maximum absolute atomic E-state index is 5.92. The zero-order chi connectivity index (χ0) is 12.0. The van der Waals surface area contributed by atoms with Crippen molar-refractivity contribution < 1.29 is 4.74 Å². The van der Waals surface area contributed by atoms with E-state index >= 15 is 0 Å². The van der Waals surface area contributed by atoms with Crippen LogP contribution in [-0.2, 0) is 4.74 Å². The van der Waals surface area contributed by atoms with Gasteiger partial charge in [-0.1, -0.05) is 26.7 Å². The van der Waals surface area contributed by atoms with E-state index in [1.165, 1.54) is 32.1 Å². The van der Waals surface area contributed by atoms with Crippen molar-refractivity contribution in [1.82, 2.24) is 0 Å². The van der Waals surface area contributed by atoms with Crippen LogP contribution in [0.3, 0.4) is 0 Å². The number of nitrogens with two attached hydrogens (primary N) is 1. The molecule has 1 rings (SSSR count). The molecule has 1 fully saturated rings. The zero-order valence-electron chi connectivity index (χ0n) is 11.2. The van der Waals surface area contributed by atoms with Gasteiger partial charge in [0.25, 0.3) is 0 Å². The van der Waals surface area contributed by atoms with E-state index in [0.29, 0.717) is 0 Å². The van der Waals surface area contributed by atoms with Gasteiger partial charge in [0.15, 0.2) is 0 Å². The Kier molecular flexibility index (Phi) is 6.37. The van der Waals surface area contributed by atoms with Gasteiger partial charge in [0.2, 0.25) is 0 Å². The van der Waals surface area contributed by atoms with Crippen molar-refractivity contribution in [1.29, 1.82) is 0 Å². The lowest BCUT2D eigenvalue weighted by atomic mass is 9.68. The second kappa shape index (κ2) is 7.29. The highest BCUT2D eigenvalue weighted by atomic mass is 16.5. The van der Waals surface area contributed by atoms with Crippen LogP contribution in [0.5, 0.6) is 0 Å². The minimum Gasteiger partial charge on any atom is -0.385 e. The summed E-state index contributed by atoms with van der Waals surface area (Å²) in [4.78, 5) is 0. The third-order valence-electron chi connectivity index (χ3n) is 4.55. The number of hydrogen-bond acceptors (Lipinski definition) is 2. The second-order valence-corrected chi connectivity index (χ2v) is 5.51. The molecule has 4 unspecified atom stereocenters. The van der Waals surface area contributed by atoms with E-state index in [1.54, 1.807) is 7.11 Å². The van der Waals surface area contributed by atoms with Crippen molar-refractivity contribution >= 4 is 0 Å². The molecule has 0 heterocycles. The van der Waals surface area contributed by atoms with Gasteiger partial charge in [-0.3, -0.25) is 0 Å². The van der Waals surface area contributed by atoms with Gasteiger partial charge in [0, 0.05) is 13.7 Å². The third-order valence-corrected chi connectivity index (χ3v) is 4.55. The van der Waals surface area contributed by atoms with Crippen LogP contribution in [0.25, 0.3) is 0 Å². The molecular formula is C14H29NO. The summed E-state index contributed by atoms with van der Waals surface area (Å²) < 4.78 is 5.19. The van der Waals surface area contributed by atoms with E-state index in [-0.39, 0.29) is 0 Å². The van der Waals surface area contributed by atoms with Gasteiger partial charge < -0.3 is 10.5 Å². The molecule has 4 atom stereocenters. The maximum atomic E-state index is 5.92. The molecule has 0 amide bonds. The van der Waals surface area contributed by atoms with Crippen LogP contribution in [-0.4, -0.2) is 20.3 Å². The van der Waals surface area contributed by atoms with Crippen LogP contribution >= 0.6 is 0 Å². The number of ether oxygens (including phenoxy) is 1. The van der Waals surface area contributed by atoms with Crippen molar-refractivity contribution in [2.45, 2.75) is 46.0 Å². The molecule has 1 aliphatic rings. The molecule has 0 bridgehead atoms. The van der Waals surface area contributed by atoms with Gasteiger partial charge in [-0.05, 0) is 49.5 Å². The fraction of sp³-hybridized carbons (Fsp3) is 1.00. The zero-order valence-corrected chi connectivity index (χ0v) is 11.2. The number of rotatable bonds is 6. The van der Waals surface area contributed by atoms with Crippen molar-refractivity contribution in [3.8, 4) is 0 Å². The molecule has 0 aromatic heterocycles. The largest absolute Gasteiger partial charge is 0.385 e. The molecule has 0 aromatic rings. The van der Waals surface area contributed by atoms with Gasteiger partial charge in [-0.15, -0.1) is 0 Å². The van der Waals surface area contributed by atoms with Crippen molar-refractivity contribution in [3.05, 3.63) is 0 Å². The van der Waals surface area contributed by atoms with Crippen LogP contribution in [0, 0.1) is 23.7 Å². The summed E-state index contributed by atoms with van der Waals surface area (Å²) in [6.45, 7) is 6.47. The summed E-state index contributed by atoms with van der Waals surface area (Å²) in [5, 5.41) is 0. The van der Waals surface area contributed by atoms with Crippen molar-refractivity contribution in [2.24, 2.45) is 29.4 Å². The Morgan fingerprint density at radius 3 is 2.69 bits per heavy atom. The van der Waals surface area contributed by atoms with Gasteiger partial charge in [-0.2, -0.15) is 0 Å². The fourth-order valence-electron chi connectivity index (χ4n) is 3.24. The lowest BCUT2D eigenvalue weighted by Gasteiger charge is -2.39. The first-order chi connectivity index (χ1) is 7.72. The van der Waals surface area contributed by atoms with Crippen molar-refractivity contribution in [3.63, 3.8) is 0 Å². The molecule has 96 valence electrons. The third kappa shape index (κ3) is 3.74. The minimum absolute atomic E-state index is 0.759. The summed E-state index contributed by atoms with van der Waals surface area (Å²) >= 11 is 0. The summed E-state index contributed by atoms with van der Waals surface area (Å²) in [7, 11) is 1.79. The van der Waals surface area contributed by atoms with Crippen LogP contribution in [0.1, 0.15) is 46.0 Å². The van der Waals surface area contributed by atoms with Gasteiger partial charge in [0.05, 0.1) is 0 Å². The highest BCUT2D eigenvalue weighted by Crippen LogP contribution is 2.39. The Labute approximate surface area is 101 Å². The molecule has 16 heavy (non-hydrogen) atoms. The molecule has 0 radical (unpaired) electrons. The van der Waals surface area contributed by atoms with Gasteiger partial charge in [0.1, 0.15) is 0 Å². The Hall–Kier alpha value is -0.0800. The lowest BCUT2D eigenvalue weighted by Crippen LogP contribution is -2.34. The molecule has 0 aliphatic heterocycles. The van der Waals surface area contributed by atoms with E-state index in [9.17, 15) is 0 Å². The normalized spacial score (nSPS) is 32.6. The molecule has 0 spiro atoms. The second-order valence-electron chi connectivity index (χ2n) is 5.51. The van der Waals surface area contributed by atoms with Crippen LogP contribution in [0.4, 0.5) is 0 Å². The Morgan fingerprint density at radius 2 is 2.12 bits per heavy atom. The maximum Gasteiger partial charge on any atom is 0.0464 e. The Morgan fingerprint density at radius 1 is 1.38 bits per heavy atom. The molecule has 2 nitrogen and oxygen atoms in total.